The molecule has 0 atom stereocenters. The Balaban J connectivity index is 1.38. The molecule has 0 unspecified atom stereocenters. The number of phenolic OH excluding ortho intramolecular Hbond substituents is 1. The average Bonchev–Trinajstić information content (AvgIpc) is 3.33. The van der Waals surface area contributed by atoms with Crippen molar-refractivity contribution in [3.63, 3.8) is 0 Å². The molecule has 0 saturated carbocycles. The molecule has 0 aliphatic heterocycles. The highest BCUT2D eigenvalue weighted by molar-refractivity contribution is 6.31. The van der Waals surface area contributed by atoms with Gasteiger partial charge in [0.15, 0.2) is 0 Å². The zero-order valence-electron chi connectivity index (χ0n) is 17.7. The second-order valence-electron chi connectivity index (χ2n) is 7.26. The second kappa shape index (κ2) is 10.0. The maximum Gasteiger partial charge on any atom is 0.289 e. The minimum Gasteiger partial charge on any atom is -0.508 e. The number of hydrogen-bond acceptors (Lipinski definition) is 5. The summed E-state index contributed by atoms with van der Waals surface area (Å²) in [4.78, 5) is 12.4. The van der Waals surface area contributed by atoms with Crippen molar-refractivity contribution in [3.05, 3.63) is 101 Å². The van der Waals surface area contributed by atoms with E-state index in [9.17, 15) is 9.90 Å². The number of ether oxygens (including phenoxy) is 1. The molecule has 4 aromatic rings. The number of aromatic amines is 1. The molecule has 166 valence electrons. The Morgan fingerprint density at radius 3 is 2.64 bits per heavy atom. The van der Waals surface area contributed by atoms with Gasteiger partial charge >= 0.3 is 0 Å². The van der Waals surface area contributed by atoms with Crippen molar-refractivity contribution in [2.45, 2.75) is 13.5 Å². The Labute approximate surface area is 195 Å². The van der Waals surface area contributed by atoms with Crippen LogP contribution < -0.4 is 10.2 Å². The van der Waals surface area contributed by atoms with E-state index in [0.29, 0.717) is 34.3 Å². The van der Waals surface area contributed by atoms with Gasteiger partial charge in [0.1, 0.15) is 23.8 Å². The van der Waals surface area contributed by atoms with Gasteiger partial charge in [-0.15, -0.1) is 0 Å². The quantitative estimate of drug-likeness (QED) is 0.261. The smallest absolute Gasteiger partial charge is 0.289 e. The molecule has 1 aromatic heterocycles. The maximum atomic E-state index is 12.4. The summed E-state index contributed by atoms with van der Waals surface area (Å²) in [6.45, 7) is 2.11. The number of rotatable bonds is 7. The highest BCUT2D eigenvalue weighted by atomic mass is 35.5. The number of nitrogens with zero attached hydrogens (tertiary/aromatic N) is 2. The number of halogens is 1. The van der Waals surface area contributed by atoms with E-state index in [1.165, 1.54) is 0 Å². The van der Waals surface area contributed by atoms with E-state index in [0.717, 1.165) is 11.1 Å². The topological polar surface area (TPSA) is 99.6 Å². The molecule has 7 nitrogen and oxygen atoms in total. The average molecular weight is 461 g/mol. The summed E-state index contributed by atoms with van der Waals surface area (Å²) in [7, 11) is 0. The largest absolute Gasteiger partial charge is 0.508 e. The van der Waals surface area contributed by atoms with Crippen molar-refractivity contribution in [1.82, 2.24) is 15.6 Å². The number of hydrazone groups is 1. The first-order valence-electron chi connectivity index (χ1n) is 10.2. The monoisotopic (exact) mass is 460 g/mol. The number of nitrogens with one attached hydrogen (secondary N) is 2. The SMILES string of the molecule is C/C(=N\NC(=O)c1cc(-c2ccc(OCc3ccccc3Cl)cc2)n[nH]1)c1cccc(O)c1. The molecule has 33 heavy (non-hydrogen) atoms. The van der Waals surface area contributed by atoms with E-state index in [1.54, 1.807) is 37.3 Å². The van der Waals surface area contributed by atoms with Crippen LogP contribution in [0.25, 0.3) is 11.3 Å². The van der Waals surface area contributed by atoms with E-state index in [1.807, 2.05) is 48.5 Å². The first-order chi connectivity index (χ1) is 16.0. The predicted octanol–water partition coefficient (Wildman–Crippen LogP) is 5.17. The minimum atomic E-state index is -0.423. The zero-order valence-corrected chi connectivity index (χ0v) is 18.5. The van der Waals surface area contributed by atoms with E-state index in [-0.39, 0.29) is 11.4 Å². The third kappa shape index (κ3) is 5.58. The normalized spacial score (nSPS) is 11.3. The Bertz CT molecular complexity index is 1300. The van der Waals surface area contributed by atoms with Gasteiger partial charge in [-0.1, -0.05) is 41.9 Å². The molecule has 1 amide bonds. The van der Waals surface area contributed by atoms with Crippen LogP contribution in [0.3, 0.4) is 0 Å². The highest BCUT2D eigenvalue weighted by Gasteiger charge is 2.11. The third-order valence-electron chi connectivity index (χ3n) is 4.91. The van der Waals surface area contributed by atoms with E-state index in [2.05, 4.69) is 20.7 Å². The number of carbonyl (C=O) groups excluding carboxylic acids is 1. The highest BCUT2D eigenvalue weighted by Crippen LogP contribution is 2.23. The van der Waals surface area contributed by atoms with E-state index < -0.39 is 5.91 Å². The number of amides is 1. The van der Waals surface area contributed by atoms with Gasteiger partial charge in [0.05, 0.1) is 11.4 Å². The van der Waals surface area contributed by atoms with Crippen LogP contribution in [0.5, 0.6) is 11.5 Å². The van der Waals surface area contributed by atoms with Gasteiger partial charge in [-0.25, -0.2) is 5.43 Å². The predicted molar refractivity (Wildman–Crippen MR) is 128 cm³/mol. The van der Waals surface area contributed by atoms with Crippen molar-refractivity contribution in [2.24, 2.45) is 5.10 Å². The summed E-state index contributed by atoms with van der Waals surface area (Å²) in [6, 6.07) is 23.2. The molecule has 0 spiro atoms. The molecule has 0 radical (unpaired) electrons. The fraction of sp³-hybridized carbons (Fsp3) is 0.0800. The standard InChI is InChI=1S/C25H21ClN4O3/c1-16(18-6-4-7-20(31)13-18)27-30-25(32)24-14-23(28-29-24)17-9-11-21(12-10-17)33-15-19-5-2-3-8-22(19)26/h2-14,31H,15H2,1H3,(H,28,29)(H,30,32)/b27-16+. The molecule has 3 aromatic carbocycles. The third-order valence-corrected chi connectivity index (χ3v) is 5.28. The summed E-state index contributed by atoms with van der Waals surface area (Å²) >= 11 is 6.16. The zero-order chi connectivity index (χ0) is 23.2. The Morgan fingerprint density at radius 2 is 1.88 bits per heavy atom. The van der Waals surface area contributed by atoms with E-state index >= 15 is 0 Å². The number of H-pyrrole nitrogens is 1. The van der Waals surface area contributed by atoms with E-state index in [4.69, 9.17) is 16.3 Å². The van der Waals surface area contributed by atoms with Crippen molar-refractivity contribution in [1.29, 1.82) is 0 Å². The van der Waals surface area contributed by atoms with Crippen LogP contribution in [0, 0.1) is 0 Å². The molecule has 0 aliphatic rings. The van der Waals surface area contributed by atoms with Gasteiger partial charge in [0, 0.05) is 21.7 Å². The lowest BCUT2D eigenvalue weighted by Crippen LogP contribution is -2.19. The summed E-state index contributed by atoms with van der Waals surface area (Å²) in [6.07, 6.45) is 0. The summed E-state index contributed by atoms with van der Waals surface area (Å²) < 4.78 is 5.80. The molecule has 4 rings (SSSR count). The molecule has 0 saturated heterocycles. The van der Waals surface area contributed by atoms with Crippen molar-refractivity contribution in [2.75, 3.05) is 0 Å². The maximum absolute atomic E-state index is 12.4. The van der Waals surface area contributed by atoms with Gasteiger partial charge in [0.25, 0.3) is 5.91 Å². The Kier molecular flexibility index (Phi) is 6.71. The number of carbonyl (C=O) groups is 1. The lowest BCUT2D eigenvalue weighted by molar-refractivity contribution is 0.0950. The summed E-state index contributed by atoms with van der Waals surface area (Å²) in [5.41, 5.74) is 6.39. The lowest BCUT2D eigenvalue weighted by atomic mass is 10.1. The number of phenols is 1. The molecule has 0 fully saturated rings. The fourth-order valence-corrected chi connectivity index (χ4v) is 3.27. The first kappa shape index (κ1) is 22.1. The second-order valence-corrected chi connectivity index (χ2v) is 7.67. The molecular formula is C25H21ClN4O3. The number of aromatic nitrogens is 2. The van der Waals surface area contributed by atoms with Crippen LogP contribution in [0.1, 0.15) is 28.5 Å². The molecule has 0 aliphatic carbocycles. The molecule has 3 N–H and O–H groups in total. The van der Waals surface area contributed by atoms with Crippen molar-refractivity contribution in [3.8, 4) is 22.8 Å². The van der Waals surface area contributed by atoms with Gasteiger partial charge in [-0.2, -0.15) is 10.2 Å². The van der Waals surface area contributed by atoms with Crippen LogP contribution in [0.4, 0.5) is 0 Å². The van der Waals surface area contributed by atoms with Crippen LogP contribution >= 0.6 is 11.6 Å². The van der Waals surface area contributed by atoms with Crippen molar-refractivity contribution < 1.29 is 14.6 Å². The van der Waals surface area contributed by atoms with Crippen LogP contribution in [0.15, 0.2) is 84.0 Å². The van der Waals surface area contributed by atoms with Gasteiger partial charge in [-0.05, 0) is 55.5 Å². The van der Waals surface area contributed by atoms with Gasteiger partial charge in [0.2, 0.25) is 0 Å². The number of aromatic hydroxyl groups is 1. The van der Waals surface area contributed by atoms with Gasteiger partial charge < -0.3 is 9.84 Å². The Morgan fingerprint density at radius 1 is 1.09 bits per heavy atom. The number of hydrogen-bond donors (Lipinski definition) is 3. The summed E-state index contributed by atoms with van der Waals surface area (Å²) in [5, 5.41) is 21.3. The number of benzene rings is 3. The van der Waals surface area contributed by atoms with Crippen LogP contribution in [0.2, 0.25) is 5.02 Å². The fourth-order valence-electron chi connectivity index (χ4n) is 3.07. The Hall–Kier alpha value is -4.10. The molecular weight excluding hydrogens is 440 g/mol. The van der Waals surface area contributed by atoms with Gasteiger partial charge in [-0.3, -0.25) is 9.89 Å². The molecule has 1 heterocycles. The van der Waals surface area contributed by atoms with Crippen LogP contribution in [-0.4, -0.2) is 26.9 Å². The lowest BCUT2D eigenvalue weighted by Gasteiger charge is -2.08. The minimum absolute atomic E-state index is 0.131. The first-order valence-corrected chi connectivity index (χ1v) is 10.5. The van der Waals surface area contributed by atoms with Crippen molar-refractivity contribution >= 4 is 23.2 Å². The summed E-state index contributed by atoms with van der Waals surface area (Å²) in [5.74, 6) is 0.406. The molecule has 0 bridgehead atoms. The molecule has 8 heteroatoms. The van der Waals surface area contributed by atoms with Crippen LogP contribution in [-0.2, 0) is 6.61 Å².